The average molecular weight is 260 g/mol. The summed E-state index contributed by atoms with van der Waals surface area (Å²) in [7, 11) is 0. The summed E-state index contributed by atoms with van der Waals surface area (Å²) in [5, 5.41) is 22.2. The van der Waals surface area contributed by atoms with Gasteiger partial charge in [-0.05, 0) is 36.8 Å². The zero-order valence-corrected chi connectivity index (χ0v) is 10.1. The summed E-state index contributed by atoms with van der Waals surface area (Å²) in [6, 6.07) is 5.76. The van der Waals surface area contributed by atoms with E-state index in [9.17, 15) is 9.90 Å². The van der Waals surface area contributed by atoms with Gasteiger partial charge in [-0.2, -0.15) is 5.10 Å². The van der Waals surface area contributed by atoms with Gasteiger partial charge < -0.3 is 14.6 Å². The summed E-state index contributed by atoms with van der Waals surface area (Å²) in [5.41, 5.74) is 3.28. The van der Waals surface area contributed by atoms with Crippen LogP contribution in [0.5, 0.6) is 11.5 Å². The Labute approximate surface area is 109 Å². The van der Waals surface area contributed by atoms with E-state index >= 15 is 0 Å². The van der Waals surface area contributed by atoms with E-state index in [0.717, 1.165) is 0 Å². The minimum absolute atomic E-state index is 0.213. The van der Waals surface area contributed by atoms with E-state index in [1.54, 1.807) is 19.1 Å². The number of carbonyl (C=O) groups excluding carboxylic acids is 1. The van der Waals surface area contributed by atoms with Gasteiger partial charge in [0.2, 0.25) is 0 Å². The second-order valence-electron chi connectivity index (χ2n) is 3.84. The predicted molar refractivity (Wildman–Crippen MR) is 68.3 cm³/mol. The molecular formula is C13H12N2O4. The van der Waals surface area contributed by atoms with Gasteiger partial charge in [0.25, 0.3) is 5.91 Å². The number of aryl methyl sites for hydroxylation is 1. The number of nitrogens with zero attached hydrogens (tertiary/aromatic N) is 1. The maximum Gasteiger partial charge on any atom is 0.274 e. The lowest BCUT2D eigenvalue weighted by Crippen LogP contribution is -2.17. The monoisotopic (exact) mass is 260 g/mol. The van der Waals surface area contributed by atoms with Gasteiger partial charge in [0.05, 0.1) is 18.0 Å². The van der Waals surface area contributed by atoms with Gasteiger partial charge >= 0.3 is 0 Å². The number of aromatic hydroxyl groups is 2. The van der Waals surface area contributed by atoms with E-state index in [1.165, 1.54) is 24.6 Å². The second-order valence-corrected chi connectivity index (χ2v) is 3.84. The molecule has 6 nitrogen and oxygen atoms in total. The molecule has 6 heteroatoms. The van der Waals surface area contributed by atoms with Crippen LogP contribution in [0.2, 0.25) is 0 Å². The molecule has 0 saturated heterocycles. The van der Waals surface area contributed by atoms with E-state index in [4.69, 9.17) is 9.52 Å². The highest BCUT2D eigenvalue weighted by atomic mass is 16.3. The number of furan rings is 1. The molecule has 3 N–H and O–H groups in total. The Hall–Kier alpha value is -2.76. The summed E-state index contributed by atoms with van der Waals surface area (Å²) >= 11 is 0. The standard InChI is InChI=1S/C13H12N2O4/c1-8-10(4-5-19-8)13(18)15-14-7-9-2-3-11(16)12(17)6-9/h2-7,16-17H,1H3,(H,15,18). The van der Waals surface area contributed by atoms with Gasteiger partial charge in [-0.1, -0.05) is 0 Å². The first-order chi connectivity index (χ1) is 9.08. The zero-order valence-electron chi connectivity index (χ0n) is 10.1. The fourth-order valence-corrected chi connectivity index (χ4v) is 1.47. The fraction of sp³-hybridized carbons (Fsp3) is 0.0769. The van der Waals surface area contributed by atoms with Crippen LogP contribution in [0.1, 0.15) is 21.7 Å². The van der Waals surface area contributed by atoms with Crippen LogP contribution < -0.4 is 5.43 Å². The van der Waals surface area contributed by atoms with Crippen LogP contribution in [-0.4, -0.2) is 22.3 Å². The number of carbonyl (C=O) groups is 1. The Bertz CT molecular complexity index is 631. The van der Waals surface area contributed by atoms with Crippen LogP contribution in [0.15, 0.2) is 40.0 Å². The fourth-order valence-electron chi connectivity index (χ4n) is 1.47. The number of hydrogen-bond acceptors (Lipinski definition) is 5. The van der Waals surface area contributed by atoms with Crippen molar-refractivity contribution < 1.29 is 19.4 Å². The van der Waals surface area contributed by atoms with Crippen LogP contribution in [-0.2, 0) is 0 Å². The lowest BCUT2D eigenvalue weighted by atomic mass is 10.2. The van der Waals surface area contributed by atoms with Crippen molar-refractivity contribution in [2.24, 2.45) is 5.10 Å². The van der Waals surface area contributed by atoms with E-state index in [0.29, 0.717) is 16.9 Å². The maximum atomic E-state index is 11.7. The molecule has 0 bridgehead atoms. The van der Waals surface area contributed by atoms with Crippen molar-refractivity contribution in [2.75, 3.05) is 0 Å². The third-order valence-corrected chi connectivity index (χ3v) is 2.48. The molecule has 0 aliphatic carbocycles. The Morgan fingerprint density at radius 3 is 2.74 bits per heavy atom. The molecule has 1 amide bonds. The molecule has 1 aromatic carbocycles. The molecule has 0 fully saturated rings. The van der Waals surface area contributed by atoms with Crippen LogP contribution in [0.3, 0.4) is 0 Å². The smallest absolute Gasteiger partial charge is 0.274 e. The third-order valence-electron chi connectivity index (χ3n) is 2.48. The van der Waals surface area contributed by atoms with Crippen molar-refractivity contribution in [2.45, 2.75) is 6.92 Å². The van der Waals surface area contributed by atoms with Crippen LogP contribution in [0.25, 0.3) is 0 Å². The Balaban J connectivity index is 2.02. The molecule has 0 radical (unpaired) electrons. The summed E-state index contributed by atoms with van der Waals surface area (Å²) in [6.07, 6.45) is 2.78. The van der Waals surface area contributed by atoms with Crippen molar-refractivity contribution in [1.82, 2.24) is 5.43 Å². The number of phenolic OH excluding ortho intramolecular Hbond substituents is 2. The molecule has 0 aliphatic heterocycles. The topological polar surface area (TPSA) is 95.1 Å². The highest BCUT2D eigenvalue weighted by Gasteiger charge is 2.09. The minimum Gasteiger partial charge on any atom is -0.504 e. The van der Waals surface area contributed by atoms with Crippen molar-refractivity contribution in [3.8, 4) is 11.5 Å². The molecule has 0 atom stereocenters. The van der Waals surface area contributed by atoms with E-state index in [2.05, 4.69) is 10.5 Å². The molecule has 0 saturated carbocycles. The largest absolute Gasteiger partial charge is 0.504 e. The first-order valence-corrected chi connectivity index (χ1v) is 5.47. The van der Waals surface area contributed by atoms with Crippen LogP contribution >= 0.6 is 0 Å². The Morgan fingerprint density at radius 1 is 1.32 bits per heavy atom. The Kier molecular flexibility index (Phi) is 3.51. The van der Waals surface area contributed by atoms with Gasteiger partial charge in [0, 0.05) is 0 Å². The maximum absolute atomic E-state index is 11.7. The van der Waals surface area contributed by atoms with Crippen molar-refractivity contribution in [1.29, 1.82) is 0 Å². The first kappa shape index (κ1) is 12.7. The summed E-state index contributed by atoms with van der Waals surface area (Å²) in [5.74, 6) is -0.336. The van der Waals surface area contributed by atoms with Gasteiger partial charge in [-0.15, -0.1) is 0 Å². The quantitative estimate of drug-likeness (QED) is 0.445. The van der Waals surface area contributed by atoms with Crippen LogP contribution in [0.4, 0.5) is 0 Å². The number of hydrazone groups is 1. The van der Waals surface area contributed by atoms with E-state index in [-0.39, 0.29) is 17.4 Å². The van der Waals surface area contributed by atoms with Crippen LogP contribution in [0, 0.1) is 6.92 Å². The second kappa shape index (κ2) is 5.26. The SMILES string of the molecule is Cc1occc1C(=O)NN=Cc1ccc(O)c(O)c1. The van der Waals surface area contributed by atoms with Gasteiger partial charge in [0.1, 0.15) is 5.76 Å². The number of phenols is 2. The number of rotatable bonds is 3. The minimum atomic E-state index is -0.384. The molecule has 1 heterocycles. The summed E-state index contributed by atoms with van der Waals surface area (Å²) in [4.78, 5) is 11.7. The molecule has 0 aliphatic rings. The summed E-state index contributed by atoms with van der Waals surface area (Å²) < 4.78 is 5.01. The highest BCUT2D eigenvalue weighted by molar-refractivity contribution is 5.95. The normalized spacial score (nSPS) is 10.8. The molecule has 2 rings (SSSR count). The lowest BCUT2D eigenvalue weighted by molar-refractivity contribution is 0.0953. The number of nitrogens with one attached hydrogen (secondary N) is 1. The highest BCUT2D eigenvalue weighted by Crippen LogP contribution is 2.23. The van der Waals surface area contributed by atoms with Gasteiger partial charge in [-0.25, -0.2) is 5.43 Å². The lowest BCUT2D eigenvalue weighted by Gasteiger charge is -1.99. The molecule has 1 aromatic heterocycles. The predicted octanol–water partition coefficient (Wildman–Crippen LogP) is 1.76. The van der Waals surface area contributed by atoms with Gasteiger partial charge in [-0.3, -0.25) is 4.79 Å². The molecular weight excluding hydrogens is 248 g/mol. The Morgan fingerprint density at radius 2 is 2.11 bits per heavy atom. The number of amides is 1. The third kappa shape index (κ3) is 2.92. The number of hydrogen-bond donors (Lipinski definition) is 3. The molecule has 0 spiro atoms. The zero-order chi connectivity index (χ0) is 13.8. The molecule has 0 unspecified atom stereocenters. The average Bonchev–Trinajstić information content (AvgIpc) is 2.80. The van der Waals surface area contributed by atoms with Crippen molar-refractivity contribution in [3.05, 3.63) is 47.4 Å². The van der Waals surface area contributed by atoms with Crippen molar-refractivity contribution in [3.63, 3.8) is 0 Å². The summed E-state index contributed by atoms with van der Waals surface area (Å²) in [6.45, 7) is 1.68. The van der Waals surface area contributed by atoms with Gasteiger partial charge in [0.15, 0.2) is 11.5 Å². The van der Waals surface area contributed by atoms with Crippen molar-refractivity contribution >= 4 is 12.1 Å². The molecule has 98 valence electrons. The first-order valence-electron chi connectivity index (χ1n) is 5.47. The van der Waals surface area contributed by atoms with E-state index < -0.39 is 0 Å². The number of benzene rings is 1. The molecule has 19 heavy (non-hydrogen) atoms. The van der Waals surface area contributed by atoms with E-state index in [1.807, 2.05) is 0 Å². The molecule has 2 aromatic rings.